The Morgan fingerprint density at radius 1 is 1.20 bits per heavy atom. The molecule has 2 heterocycles. The normalized spacial score (nSPS) is 13.3. The molecule has 0 bridgehead atoms. The second-order valence-corrected chi connectivity index (χ2v) is 5.24. The lowest BCUT2D eigenvalue weighted by atomic mass is 10.2. The highest BCUT2D eigenvalue weighted by atomic mass is 16.5. The minimum absolute atomic E-state index is 0.114. The van der Waals surface area contributed by atoms with Gasteiger partial charge in [-0.15, -0.1) is 0 Å². The van der Waals surface area contributed by atoms with Crippen LogP contribution in [-0.2, 0) is 19.1 Å². The van der Waals surface area contributed by atoms with Gasteiger partial charge in [-0.25, -0.2) is 4.79 Å². The number of pyridine rings is 1. The topological polar surface area (TPSA) is 88.6 Å². The summed E-state index contributed by atoms with van der Waals surface area (Å²) in [4.78, 5) is 41.1. The lowest BCUT2D eigenvalue weighted by Crippen LogP contribution is -2.43. The standard InChI is InChI=1S/C18H15N3O4/c22-16-11-21(15-7-2-1-6-14(15)20-16)17(23)12-25-18(24)9-8-13-5-3-4-10-19-13/h1-10H,11-12H2,(H,20,22)/b9-8+. The van der Waals surface area contributed by atoms with E-state index in [0.29, 0.717) is 17.1 Å². The van der Waals surface area contributed by atoms with Crippen LogP contribution in [0.15, 0.2) is 54.7 Å². The highest BCUT2D eigenvalue weighted by Gasteiger charge is 2.26. The molecule has 0 spiro atoms. The maximum absolute atomic E-state index is 12.3. The molecule has 2 amide bonds. The maximum atomic E-state index is 12.3. The fourth-order valence-electron chi connectivity index (χ4n) is 2.34. The van der Waals surface area contributed by atoms with Crippen LogP contribution in [0.5, 0.6) is 0 Å². The monoisotopic (exact) mass is 337 g/mol. The van der Waals surface area contributed by atoms with E-state index in [4.69, 9.17) is 4.74 Å². The first-order chi connectivity index (χ1) is 12.1. The summed E-state index contributed by atoms with van der Waals surface area (Å²) in [7, 11) is 0. The molecule has 0 unspecified atom stereocenters. The molecular weight excluding hydrogens is 322 g/mol. The molecule has 1 aromatic carbocycles. The number of benzene rings is 1. The Balaban J connectivity index is 1.60. The molecular formula is C18H15N3O4. The number of aromatic nitrogens is 1. The summed E-state index contributed by atoms with van der Waals surface area (Å²) in [6.45, 7) is -0.565. The van der Waals surface area contributed by atoms with Crippen molar-refractivity contribution in [2.75, 3.05) is 23.4 Å². The summed E-state index contributed by atoms with van der Waals surface area (Å²) in [5.74, 6) is -1.43. The number of ether oxygens (including phenoxy) is 1. The Hall–Kier alpha value is -3.48. The number of nitrogens with one attached hydrogen (secondary N) is 1. The van der Waals surface area contributed by atoms with E-state index in [1.165, 1.54) is 17.1 Å². The zero-order chi connectivity index (χ0) is 17.6. The second kappa shape index (κ2) is 7.39. The van der Waals surface area contributed by atoms with E-state index in [1.54, 1.807) is 48.7 Å². The number of para-hydroxylation sites is 2. The van der Waals surface area contributed by atoms with Gasteiger partial charge in [-0.05, 0) is 30.3 Å². The van der Waals surface area contributed by atoms with Crippen LogP contribution < -0.4 is 10.2 Å². The van der Waals surface area contributed by atoms with Crippen molar-refractivity contribution in [3.8, 4) is 0 Å². The molecule has 0 fully saturated rings. The quantitative estimate of drug-likeness (QED) is 0.676. The third-order valence-electron chi connectivity index (χ3n) is 3.49. The molecule has 2 aromatic rings. The molecule has 1 aliphatic rings. The van der Waals surface area contributed by atoms with E-state index < -0.39 is 18.5 Å². The van der Waals surface area contributed by atoms with Gasteiger partial charge in [0.25, 0.3) is 5.91 Å². The fourth-order valence-corrected chi connectivity index (χ4v) is 2.34. The van der Waals surface area contributed by atoms with Gasteiger partial charge in [0.05, 0.1) is 17.1 Å². The number of carbonyl (C=O) groups is 3. The van der Waals surface area contributed by atoms with Crippen LogP contribution in [-0.4, -0.2) is 35.9 Å². The van der Waals surface area contributed by atoms with Gasteiger partial charge in [0.2, 0.25) is 5.91 Å². The van der Waals surface area contributed by atoms with Gasteiger partial charge in [0.1, 0.15) is 6.54 Å². The van der Waals surface area contributed by atoms with Gasteiger partial charge in [-0.2, -0.15) is 0 Å². The number of amides is 2. The zero-order valence-corrected chi connectivity index (χ0v) is 13.2. The van der Waals surface area contributed by atoms with Crippen molar-refractivity contribution in [1.29, 1.82) is 0 Å². The highest BCUT2D eigenvalue weighted by Crippen LogP contribution is 2.28. The van der Waals surface area contributed by atoms with E-state index in [-0.39, 0.29) is 12.5 Å². The van der Waals surface area contributed by atoms with E-state index >= 15 is 0 Å². The minimum atomic E-state index is -0.659. The number of hydrogen-bond donors (Lipinski definition) is 1. The number of rotatable bonds is 4. The van der Waals surface area contributed by atoms with Crippen molar-refractivity contribution < 1.29 is 19.1 Å². The summed E-state index contributed by atoms with van der Waals surface area (Å²) >= 11 is 0. The van der Waals surface area contributed by atoms with Crippen molar-refractivity contribution >= 4 is 35.2 Å². The molecule has 0 radical (unpaired) electrons. The first-order valence-corrected chi connectivity index (χ1v) is 7.58. The van der Waals surface area contributed by atoms with Gasteiger partial charge in [0.15, 0.2) is 6.61 Å². The Morgan fingerprint density at radius 2 is 2.00 bits per heavy atom. The highest BCUT2D eigenvalue weighted by molar-refractivity contribution is 6.10. The molecule has 1 N–H and O–H groups in total. The van der Waals surface area contributed by atoms with Crippen molar-refractivity contribution in [2.45, 2.75) is 0 Å². The van der Waals surface area contributed by atoms with Crippen molar-refractivity contribution in [1.82, 2.24) is 4.98 Å². The molecule has 7 nitrogen and oxygen atoms in total. The third kappa shape index (κ3) is 4.08. The Labute approximate surface area is 143 Å². The van der Waals surface area contributed by atoms with E-state index in [1.807, 2.05) is 0 Å². The molecule has 3 rings (SSSR count). The van der Waals surface area contributed by atoms with E-state index in [2.05, 4.69) is 10.3 Å². The predicted octanol–water partition coefficient (Wildman–Crippen LogP) is 1.62. The average molecular weight is 337 g/mol. The van der Waals surface area contributed by atoms with Crippen LogP contribution in [0, 0.1) is 0 Å². The Morgan fingerprint density at radius 3 is 2.80 bits per heavy atom. The van der Waals surface area contributed by atoms with E-state index in [0.717, 1.165) is 0 Å². The van der Waals surface area contributed by atoms with Crippen molar-refractivity contribution in [3.05, 3.63) is 60.4 Å². The van der Waals surface area contributed by atoms with Crippen LogP contribution in [0.3, 0.4) is 0 Å². The second-order valence-electron chi connectivity index (χ2n) is 5.24. The summed E-state index contributed by atoms with van der Waals surface area (Å²) in [5, 5.41) is 2.69. The molecule has 0 saturated carbocycles. The van der Waals surface area contributed by atoms with Gasteiger partial charge >= 0.3 is 5.97 Å². The van der Waals surface area contributed by atoms with Crippen LogP contribution >= 0.6 is 0 Å². The van der Waals surface area contributed by atoms with Crippen LogP contribution in [0.1, 0.15) is 5.69 Å². The SMILES string of the molecule is O=C1CN(C(=O)COC(=O)/C=C/c2ccccn2)c2ccccc2N1. The largest absolute Gasteiger partial charge is 0.452 e. The summed E-state index contributed by atoms with van der Waals surface area (Å²) in [6.07, 6.45) is 4.30. The number of hydrogen-bond acceptors (Lipinski definition) is 5. The molecule has 1 aliphatic heterocycles. The average Bonchev–Trinajstić information content (AvgIpc) is 2.64. The molecule has 7 heteroatoms. The fraction of sp³-hybridized carbons (Fsp3) is 0.111. The number of anilines is 2. The number of carbonyl (C=O) groups excluding carboxylic acids is 3. The van der Waals surface area contributed by atoms with Gasteiger partial charge in [0, 0.05) is 12.3 Å². The van der Waals surface area contributed by atoms with Gasteiger partial charge in [-0.3, -0.25) is 19.5 Å². The van der Waals surface area contributed by atoms with Crippen LogP contribution in [0.25, 0.3) is 6.08 Å². The molecule has 0 saturated heterocycles. The van der Waals surface area contributed by atoms with Crippen molar-refractivity contribution in [2.24, 2.45) is 0 Å². The summed E-state index contributed by atoms with van der Waals surface area (Å²) < 4.78 is 4.95. The minimum Gasteiger partial charge on any atom is -0.452 e. The summed E-state index contributed by atoms with van der Waals surface area (Å²) in [6, 6.07) is 12.2. The smallest absolute Gasteiger partial charge is 0.331 e. The van der Waals surface area contributed by atoms with Crippen LogP contribution in [0.2, 0.25) is 0 Å². The molecule has 0 aliphatic carbocycles. The maximum Gasteiger partial charge on any atom is 0.331 e. The molecule has 126 valence electrons. The number of esters is 1. The molecule has 25 heavy (non-hydrogen) atoms. The molecule has 1 aromatic heterocycles. The lowest BCUT2D eigenvalue weighted by Gasteiger charge is -2.28. The van der Waals surface area contributed by atoms with Crippen LogP contribution in [0.4, 0.5) is 11.4 Å². The lowest BCUT2D eigenvalue weighted by molar-refractivity contribution is -0.143. The Kier molecular flexibility index (Phi) is 4.84. The predicted molar refractivity (Wildman–Crippen MR) is 91.7 cm³/mol. The van der Waals surface area contributed by atoms with E-state index in [9.17, 15) is 14.4 Å². The third-order valence-corrected chi connectivity index (χ3v) is 3.49. The van der Waals surface area contributed by atoms with Crippen molar-refractivity contribution in [3.63, 3.8) is 0 Å². The first-order valence-electron chi connectivity index (χ1n) is 7.58. The molecule has 0 atom stereocenters. The van der Waals surface area contributed by atoms with Gasteiger partial charge in [-0.1, -0.05) is 18.2 Å². The summed E-state index contributed by atoms with van der Waals surface area (Å²) in [5.41, 5.74) is 1.73. The first kappa shape index (κ1) is 16.4. The van der Waals surface area contributed by atoms with Gasteiger partial charge < -0.3 is 10.1 Å². The Bertz CT molecular complexity index is 833. The number of fused-ring (bicyclic) bond motifs is 1. The zero-order valence-electron chi connectivity index (χ0n) is 13.2. The number of nitrogens with zero attached hydrogens (tertiary/aromatic N) is 2.